The van der Waals surface area contributed by atoms with Gasteiger partial charge in [0.25, 0.3) is 5.56 Å². The van der Waals surface area contributed by atoms with Crippen LogP contribution < -0.4 is 5.56 Å². The van der Waals surface area contributed by atoms with Crippen molar-refractivity contribution in [1.29, 1.82) is 0 Å². The van der Waals surface area contributed by atoms with Crippen LogP contribution in [0.25, 0.3) is 22.3 Å². The topological polar surface area (TPSA) is 71.2 Å². The van der Waals surface area contributed by atoms with Crippen LogP contribution in [0, 0.1) is 0 Å². The Hall–Kier alpha value is -2.51. The molecular formula is C21H24N4O3. The summed E-state index contributed by atoms with van der Waals surface area (Å²) in [5.41, 5.74) is 1.46. The van der Waals surface area contributed by atoms with E-state index in [9.17, 15) is 4.79 Å². The van der Waals surface area contributed by atoms with Crippen LogP contribution in [-0.4, -0.2) is 45.8 Å². The second-order valence-corrected chi connectivity index (χ2v) is 7.62. The van der Waals surface area contributed by atoms with Crippen LogP contribution in [0.4, 0.5) is 0 Å². The van der Waals surface area contributed by atoms with Gasteiger partial charge in [0.05, 0.1) is 23.7 Å². The predicted molar refractivity (Wildman–Crippen MR) is 105 cm³/mol. The summed E-state index contributed by atoms with van der Waals surface area (Å²) in [6.07, 6.45) is 2.72. The summed E-state index contributed by atoms with van der Waals surface area (Å²) in [4.78, 5) is 18.1. The van der Waals surface area contributed by atoms with E-state index in [-0.39, 0.29) is 17.5 Å². The fraction of sp³-hybridized carbons (Fsp3) is 0.476. The lowest BCUT2D eigenvalue weighted by Gasteiger charge is -2.19. The Balaban J connectivity index is 1.68. The normalized spacial score (nSPS) is 20.8. The first kappa shape index (κ1) is 17.6. The molecule has 0 saturated carbocycles. The lowest BCUT2D eigenvalue weighted by molar-refractivity contribution is 0.0835. The summed E-state index contributed by atoms with van der Waals surface area (Å²) in [6.45, 7) is 2.79. The molecule has 2 aromatic heterocycles. The molecular weight excluding hydrogens is 356 g/mol. The molecule has 7 nitrogen and oxygen atoms in total. The number of hydrogen-bond acceptors (Lipinski definition) is 5. The highest BCUT2D eigenvalue weighted by molar-refractivity contribution is 5.83. The second kappa shape index (κ2) is 7.14. The monoisotopic (exact) mass is 380 g/mol. The molecule has 3 aromatic rings. The van der Waals surface area contributed by atoms with Crippen LogP contribution in [0.2, 0.25) is 0 Å². The van der Waals surface area contributed by atoms with Gasteiger partial charge in [0.2, 0.25) is 0 Å². The molecule has 2 saturated heterocycles. The highest BCUT2D eigenvalue weighted by Gasteiger charge is 2.28. The first-order valence-corrected chi connectivity index (χ1v) is 9.93. The van der Waals surface area contributed by atoms with Gasteiger partial charge in [0.1, 0.15) is 0 Å². The molecule has 2 fully saturated rings. The van der Waals surface area contributed by atoms with Crippen molar-refractivity contribution >= 4 is 10.9 Å². The molecule has 0 N–H and O–H groups in total. The molecule has 1 aromatic carbocycles. The molecule has 5 rings (SSSR count). The van der Waals surface area contributed by atoms with Crippen molar-refractivity contribution in [2.24, 2.45) is 7.05 Å². The van der Waals surface area contributed by atoms with Gasteiger partial charge in [-0.15, -0.1) is 0 Å². The third kappa shape index (κ3) is 2.95. The molecule has 2 aliphatic rings. The van der Waals surface area contributed by atoms with E-state index >= 15 is 0 Å². The van der Waals surface area contributed by atoms with Crippen molar-refractivity contribution in [3.05, 3.63) is 46.5 Å². The summed E-state index contributed by atoms with van der Waals surface area (Å²) >= 11 is 0. The molecule has 2 aliphatic heterocycles. The van der Waals surface area contributed by atoms with Gasteiger partial charge in [0, 0.05) is 32.8 Å². The zero-order valence-electron chi connectivity index (χ0n) is 16.0. The lowest BCUT2D eigenvalue weighted by atomic mass is 10.00. The smallest absolute Gasteiger partial charge is 0.261 e. The molecule has 0 bridgehead atoms. The van der Waals surface area contributed by atoms with E-state index in [1.165, 1.54) is 0 Å². The first-order chi connectivity index (χ1) is 13.7. The number of pyridine rings is 1. The van der Waals surface area contributed by atoms with Crippen LogP contribution in [0.1, 0.15) is 37.0 Å². The third-order valence-electron chi connectivity index (χ3n) is 5.86. The van der Waals surface area contributed by atoms with Gasteiger partial charge in [-0.2, -0.15) is 5.10 Å². The highest BCUT2D eigenvalue weighted by atomic mass is 16.5. The minimum atomic E-state index is -0.0511. The van der Waals surface area contributed by atoms with Crippen molar-refractivity contribution in [2.45, 2.75) is 31.2 Å². The number of nitrogens with zero attached hydrogens (tertiary/aromatic N) is 4. The summed E-state index contributed by atoms with van der Waals surface area (Å²) in [6, 6.07) is 9.98. The molecule has 0 amide bonds. The molecule has 7 heteroatoms. The van der Waals surface area contributed by atoms with E-state index < -0.39 is 0 Å². The molecule has 4 heterocycles. The van der Waals surface area contributed by atoms with Crippen molar-refractivity contribution in [3.63, 3.8) is 0 Å². The fourth-order valence-corrected chi connectivity index (χ4v) is 4.20. The minimum absolute atomic E-state index is 0.0511. The molecule has 0 radical (unpaired) electrons. The highest BCUT2D eigenvalue weighted by Crippen LogP contribution is 2.30. The van der Waals surface area contributed by atoms with E-state index in [4.69, 9.17) is 19.6 Å². The molecule has 1 atom stereocenters. The molecule has 28 heavy (non-hydrogen) atoms. The third-order valence-corrected chi connectivity index (χ3v) is 5.86. The van der Waals surface area contributed by atoms with E-state index in [0.29, 0.717) is 24.6 Å². The Morgan fingerprint density at radius 3 is 2.64 bits per heavy atom. The first-order valence-electron chi connectivity index (χ1n) is 9.93. The maximum absolute atomic E-state index is 13.2. The Morgan fingerprint density at radius 1 is 1.07 bits per heavy atom. The van der Waals surface area contributed by atoms with E-state index in [2.05, 4.69) is 0 Å². The van der Waals surface area contributed by atoms with Crippen molar-refractivity contribution in [3.8, 4) is 11.4 Å². The maximum Gasteiger partial charge on any atom is 0.261 e. The fourth-order valence-electron chi connectivity index (χ4n) is 4.20. The van der Waals surface area contributed by atoms with E-state index in [0.717, 1.165) is 49.2 Å². The van der Waals surface area contributed by atoms with Crippen LogP contribution in [0.3, 0.4) is 0 Å². The Labute approximate surface area is 162 Å². The van der Waals surface area contributed by atoms with E-state index in [1.54, 1.807) is 4.57 Å². The van der Waals surface area contributed by atoms with Gasteiger partial charge in [-0.05, 0) is 36.8 Å². The van der Waals surface area contributed by atoms with Crippen molar-refractivity contribution in [2.75, 3.05) is 26.4 Å². The largest absolute Gasteiger partial charge is 0.381 e. The van der Waals surface area contributed by atoms with Crippen LogP contribution >= 0.6 is 0 Å². The summed E-state index contributed by atoms with van der Waals surface area (Å²) < 4.78 is 14.7. The maximum atomic E-state index is 13.2. The summed E-state index contributed by atoms with van der Waals surface area (Å²) in [5, 5.41) is 5.88. The van der Waals surface area contributed by atoms with E-state index in [1.807, 2.05) is 42.1 Å². The Bertz CT molecular complexity index is 1060. The number of aryl methyl sites for hydroxylation is 1. The number of rotatable bonds is 3. The number of ether oxygens (including phenoxy) is 2. The number of fused-ring (bicyclic) bond motifs is 1. The zero-order valence-corrected chi connectivity index (χ0v) is 16.0. The number of benzene rings is 1. The van der Waals surface area contributed by atoms with Gasteiger partial charge in [-0.1, -0.05) is 18.2 Å². The van der Waals surface area contributed by atoms with Crippen molar-refractivity contribution < 1.29 is 9.47 Å². The average Bonchev–Trinajstić information content (AvgIpc) is 3.41. The standard InChI is InChI=1S/C21H24N4O3/c1-24-18-5-3-2-4-15(18)12-17(21(24)26)20-22-19(14-6-9-27-10-7-14)23-25(20)16-8-11-28-13-16/h2-5,12,14,16H,6-11,13H2,1H3. The molecule has 146 valence electrons. The summed E-state index contributed by atoms with van der Waals surface area (Å²) in [5.74, 6) is 1.75. The number of hydrogen-bond donors (Lipinski definition) is 0. The van der Waals surface area contributed by atoms with Crippen LogP contribution in [0.5, 0.6) is 0 Å². The average molecular weight is 380 g/mol. The van der Waals surface area contributed by atoms with Gasteiger partial charge in [-0.3, -0.25) is 4.79 Å². The Morgan fingerprint density at radius 2 is 1.86 bits per heavy atom. The minimum Gasteiger partial charge on any atom is -0.381 e. The van der Waals surface area contributed by atoms with Gasteiger partial charge < -0.3 is 14.0 Å². The second-order valence-electron chi connectivity index (χ2n) is 7.62. The van der Waals surface area contributed by atoms with Gasteiger partial charge >= 0.3 is 0 Å². The van der Waals surface area contributed by atoms with Crippen LogP contribution in [-0.2, 0) is 16.5 Å². The molecule has 1 unspecified atom stereocenters. The number of aromatic nitrogens is 4. The SMILES string of the molecule is Cn1c(=O)c(-c2nc(C3CCOCC3)nn2C2CCOC2)cc2ccccc21. The predicted octanol–water partition coefficient (Wildman–Crippen LogP) is 2.65. The Kier molecular flexibility index (Phi) is 4.49. The number of para-hydroxylation sites is 1. The van der Waals surface area contributed by atoms with Crippen LogP contribution in [0.15, 0.2) is 35.1 Å². The molecule has 0 spiro atoms. The molecule has 0 aliphatic carbocycles. The quantitative estimate of drug-likeness (QED) is 0.699. The lowest BCUT2D eigenvalue weighted by Crippen LogP contribution is -2.22. The van der Waals surface area contributed by atoms with Gasteiger partial charge in [-0.25, -0.2) is 9.67 Å². The summed E-state index contributed by atoms with van der Waals surface area (Å²) in [7, 11) is 1.81. The van der Waals surface area contributed by atoms with Crippen molar-refractivity contribution in [1.82, 2.24) is 19.3 Å². The van der Waals surface area contributed by atoms with Gasteiger partial charge in [0.15, 0.2) is 11.6 Å². The zero-order chi connectivity index (χ0) is 19.1.